The van der Waals surface area contributed by atoms with Gasteiger partial charge >= 0.3 is 6.18 Å². The van der Waals surface area contributed by atoms with Crippen LogP contribution < -0.4 is 11.1 Å². The van der Waals surface area contributed by atoms with E-state index in [1.165, 1.54) is 26.2 Å². The Morgan fingerprint density at radius 3 is 2.65 bits per heavy atom. The number of rotatable bonds is 5. The molecule has 0 spiro atoms. The quantitative estimate of drug-likeness (QED) is 0.874. The molecule has 1 amide bonds. The molecule has 112 valence electrons. The second-order valence-electron chi connectivity index (χ2n) is 4.40. The first-order valence-corrected chi connectivity index (χ1v) is 5.99. The zero-order valence-corrected chi connectivity index (χ0v) is 11.3. The number of hydrogen-bond donors (Lipinski definition) is 2. The van der Waals surface area contributed by atoms with E-state index in [1.54, 1.807) is 0 Å². The van der Waals surface area contributed by atoms with Crippen LogP contribution in [0.25, 0.3) is 0 Å². The van der Waals surface area contributed by atoms with Crippen LogP contribution in [0.3, 0.4) is 0 Å². The van der Waals surface area contributed by atoms with Crippen molar-refractivity contribution in [3.8, 4) is 0 Å². The molecule has 1 rings (SSSR count). The number of halogens is 3. The normalized spacial score (nSPS) is 13.1. The first-order chi connectivity index (χ1) is 9.25. The first-order valence-electron chi connectivity index (χ1n) is 5.99. The molecular formula is C13H17F3N2O2. The molecule has 1 aromatic rings. The summed E-state index contributed by atoms with van der Waals surface area (Å²) in [6.07, 6.45) is -4.16. The van der Waals surface area contributed by atoms with Gasteiger partial charge in [-0.1, -0.05) is 6.07 Å². The summed E-state index contributed by atoms with van der Waals surface area (Å²) in [4.78, 5) is 11.7. The van der Waals surface area contributed by atoms with Crippen molar-refractivity contribution in [1.29, 1.82) is 0 Å². The van der Waals surface area contributed by atoms with E-state index in [4.69, 9.17) is 10.5 Å². The van der Waals surface area contributed by atoms with Gasteiger partial charge < -0.3 is 15.8 Å². The van der Waals surface area contributed by atoms with E-state index in [-0.39, 0.29) is 11.3 Å². The van der Waals surface area contributed by atoms with Crippen molar-refractivity contribution in [2.24, 2.45) is 5.73 Å². The monoisotopic (exact) mass is 290 g/mol. The van der Waals surface area contributed by atoms with Crippen molar-refractivity contribution in [2.75, 3.05) is 19.0 Å². The van der Waals surface area contributed by atoms with Crippen LogP contribution in [0.5, 0.6) is 0 Å². The lowest BCUT2D eigenvalue weighted by molar-refractivity contribution is -0.138. The van der Waals surface area contributed by atoms with Gasteiger partial charge in [0.15, 0.2) is 0 Å². The van der Waals surface area contributed by atoms with E-state index in [0.717, 1.165) is 6.07 Å². The van der Waals surface area contributed by atoms with Crippen LogP contribution in [0.2, 0.25) is 0 Å². The highest BCUT2D eigenvalue weighted by Crippen LogP contribution is 2.33. The van der Waals surface area contributed by atoms with Crippen molar-refractivity contribution in [3.63, 3.8) is 0 Å². The van der Waals surface area contributed by atoms with E-state index in [2.05, 4.69) is 5.32 Å². The van der Waals surface area contributed by atoms with Gasteiger partial charge in [-0.05, 0) is 31.0 Å². The van der Waals surface area contributed by atoms with Gasteiger partial charge in [0, 0.05) is 19.4 Å². The van der Waals surface area contributed by atoms with Crippen LogP contribution >= 0.6 is 0 Å². The smallest absolute Gasteiger partial charge is 0.385 e. The summed E-state index contributed by atoms with van der Waals surface area (Å²) in [5, 5.41) is 2.37. The van der Waals surface area contributed by atoms with Crippen molar-refractivity contribution < 1.29 is 22.7 Å². The first kappa shape index (κ1) is 16.5. The Morgan fingerprint density at radius 1 is 1.45 bits per heavy atom. The molecule has 3 N–H and O–H groups in total. The Morgan fingerprint density at radius 2 is 2.10 bits per heavy atom. The number of carbonyl (C=O) groups excluding carboxylic acids is 1. The second-order valence-corrected chi connectivity index (χ2v) is 4.40. The number of alkyl halides is 3. The third kappa shape index (κ3) is 4.50. The number of ether oxygens (including phenoxy) is 1. The Kier molecular flexibility index (Phi) is 5.52. The predicted molar refractivity (Wildman–Crippen MR) is 69.3 cm³/mol. The Labute approximate surface area is 115 Å². The largest absolute Gasteiger partial charge is 0.416 e. The SMILES string of the molecule is COCCC(N)C(=O)Nc1ccc(C)c(C(F)(F)F)c1. The highest BCUT2D eigenvalue weighted by molar-refractivity contribution is 5.94. The number of nitrogens with one attached hydrogen (secondary N) is 1. The molecular weight excluding hydrogens is 273 g/mol. The molecule has 1 atom stereocenters. The fraction of sp³-hybridized carbons (Fsp3) is 0.462. The summed E-state index contributed by atoms with van der Waals surface area (Å²) in [7, 11) is 1.47. The third-order valence-corrected chi connectivity index (χ3v) is 2.78. The average Bonchev–Trinajstić information content (AvgIpc) is 2.36. The molecule has 0 heterocycles. The molecule has 0 fully saturated rings. The van der Waals surface area contributed by atoms with E-state index >= 15 is 0 Å². The lowest BCUT2D eigenvalue weighted by atomic mass is 10.1. The Bertz CT molecular complexity index is 475. The maximum atomic E-state index is 12.7. The number of hydrogen-bond acceptors (Lipinski definition) is 3. The Hall–Kier alpha value is -1.60. The maximum Gasteiger partial charge on any atom is 0.416 e. The van der Waals surface area contributed by atoms with Crippen LogP contribution in [0, 0.1) is 6.92 Å². The molecule has 0 aromatic heterocycles. The van der Waals surface area contributed by atoms with E-state index in [1.807, 2.05) is 0 Å². The number of aryl methyl sites for hydroxylation is 1. The van der Waals surface area contributed by atoms with Crippen LogP contribution in [0.4, 0.5) is 18.9 Å². The lowest BCUT2D eigenvalue weighted by Gasteiger charge is -2.15. The number of benzene rings is 1. The van der Waals surface area contributed by atoms with E-state index in [0.29, 0.717) is 13.0 Å². The number of amides is 1. The van der Waals surface area contributed by atoms with Crippen LogP contribution in [-0.2, 0) is 15.7 Å². The summed E-state index contributed by atoms with van der Waals surface area (Å²) in [5.74, 6) is -0.543. The van der Waals surface area contributed by atoms with Gasteiger partial charge in [-0.25, -0.2) is 0 Å². The summed E-state index contributed by atoms with van der Waals surface area (Å²) in [5.41, 5.74) is 4.98. The third-order valence-electron chi connectivity index (χ3n) is 2.78. The van der Waals surface area contributed by atoms with Crippen LogP contribution in [0.1, 0.15) is 17.5 Å². The molecule has 1 aromatic carbocycles. The van der Waals surface area contributed by atoms with Gasteiger partial charge in [0.1, 0.15) is 0 Å². The molecule has 0 saturated carbocycles. The number of carbonyl (C=O) groups is 1. The van der Waals surface area contributed by atoms with Gasteiger partial charge in [-0.3, -0.25) is 4.79 Å². The van der Waals surface area contributed by atoms with Gasteiger partial charge in [0.05, 0.1) is 11.6 Å². The summed E-state index contributed by atoms with van der Waals surface area (Å²) in [6.45, 7) is 1.66. The van der Waals surface area contributed by atoms with E-state index in [9.17, 15) is 18.0 Å². The molecule has 0 radical (unpaired) electrons. The minimum atomic E-state index is -4.46. The van der Waals surface area contributed by atoms with Crippen molar-refractivity contribution >= 4 is 11.6 Å². The predicted octanol–water partition coefficient (Wildman–Crippen LogP) is 2.32. The molecule has 0 aliphatic heterocycles. The zero-order chi connectivity index (χ0) is 15.3. The summed E-state index contributed by atoms with van der Waals surface area (Å²) in [6, 6.07) is 2.78. The van der Waals surface area contributed by atoms with Crippen molar-refractivity contribution in [3.05, 3.63) is 29.3 Å². The minimum absolute atomic E-state index is 0.0702. The van der Waals surface area contributed by atoms with Crippen molar-refractivity contribution in [2.45, 2.75) is 25.6 Å². The highest BCUT2D eigenvalue weighted by Gasteiger charge is 2.32. The maximum absolute atomic E-state index is 12.7. The number of methoxy groups -OCH3 is 1. The Balaban J connectivity index is 2.81. The summed E-state index contributed by atoms with van der Waals surface area (Å²) >= 11 is 0. The summed E-state index contributed by atoms with van der Waals surface area (Å²) < 4.78 is 43.0. The highest BCUT2D eigenvalue weighted by atomic mass is 19.4. The van der Waals surface area contributed by atoms with Gasteiger partial charge in [-0.2, -0.15) is 13.2 Å². The fourth-order valence-corrected chi connectivity index (χ4v) is 1.62. The molecule has 20 heavy (non-hydrogen) atoms. The minimum Gasteiger partial charge on any atom is -0.385 e. The van der Waals surface area contributed by atoms with E-state index < -0.39 is 23.7 Å². The topological polar surface area (TPSA) is 64.3 Å². The van der Waals surface area contributed by atoms with Gasteiger partial charge in [0.2, 0.25) is 5.91 Å². The van der Waals surface area contributed by atoms with Crippen LogP contribution in [0.15, 0.2) is 18.2 Å². The lowest BCUT2D eigenvalue weighted by Crippen LogP contribution is -2.36. The molecule has 0 saturated heterocycles. The number of nitrogens with two attached hydrogens (primary N) is 1. The molecule has 0 aliphatic carbocycles. The molecule has 1 unspecified atom stereocenters. The molecule has 7 heteroatoms. The second kappa shape index (κ2) is 6.71. The van der Waals surface area contributed by atoms with Crippen LogP contribution in [-0.4, -0.2) is 25.7 Å². The zero-order valence-electron chi connectivity index (χ0n) is 11.3. The van der Waals surface area contributed by atoms with Crippen molar-refractivity contribution in [1.82, 2.24) is 0 Å². The van der Waals surface area contributed by atoms with Gasteiger partial charge in [-0.15, -0.1) is 0 Å². The molecule has 0 aliphatic rings. The fourth-order valence-electron chi connectivity index (χ4n) is 1.62. The molecule has 0 bridgehead atoms. The van der Waals surface area contributed by atoms with Gasteiger partial charge in [0.25, 0.3) is 0 Å². The number of anilines is 1. The average molecular weight is 290 g/mol. The molecule has 4 nitrogen and oxygen atoms in total. The standard InChI is InChI=1S/C13H17F3N2O2/c1-8-3-4-9(7-10(8)13(14,15)16)18-12(19)11(17)5-6-20-2/h3-4,7,11H,5-6,17H2,1-2H3,(H,18,19).